The Balaban J connectivity index is 2.67. The van der Waals surface area contributed by atoms with Crippen molar-refractivity contribution in [3.05, 3.63) is 35.4 Å². The van der Waals surface area contributed by atoms with Gasteiger partial charge in [-0.1, -0.05) is 12.1 Å². The Bertz CT molecular complexity index is 563. The van der Waals surface area contributed by atoms with E-state index in [1.165, 1.54) is 13.0 Å². The fourth-order valence-corrected chi connectivity index (χ4v) is 1.80. The second-order valence-corrected chi connectivity index (χ2v) is 6.28. The van der Waals surface area contributed by atoms with Gasteiger partial charge in [0.1, 0.15) is 9.84 Å². The predicted molar refractivity (Wildman–Crippen MR) is 68.5 cm³/mol. The lowest BCUT2D eigenvalue weighted by Gasteiger charge is -2.05. The van der Waals surface area contributed by atoms with Crippen LogP contribution in [0.5, 0.6) is 0 Å². The largest absolute Gasteiger partial charge is 0.351 e. The first-order chi connectivity index (χ1) is 8.29. The van der Waals surface area contributed by atoms with E-state index in [0.29, 0.717) is 11.1 Å². The maximum absolute atomic E-state index is 11.7. The van der Waals surface area contributed by atoms with Crippen LogP contribution in [-0.4, -0.2) is 38.7 Å². The Kier molecular flexibility index (Phi) is 4.61. The zero-order valence-electron chi connectivity index (χ0n) is 10.3. The summed E-state index contributed by atoms with van der Waals surface area (Å²) < 4.78 is 21.8. The van der Waals surface area contributed by atoms with Crippen molar-refractivity contribution in [2.45, 2.75) is 6.92 Å². The third kappa shape index (κ3) is 4.67. The predicted octanol–water partition coefficient (Wildman–Crippen LogP) is 0.664. The molecule has 5 nitrogen and oxygen atoms in total. The van der Waals surface area contributed by atoms with Gasteiger partial charge in [0.05, 0.1) is 5.75 Å². The van der Waals surface area contributed by atoms with Crippen molar-refractivity contribution in [2.75, 3.05) is 18.6 Å². The third-order valence-corrected chi connectivity index (χ3v) is 3.24. The van der Waals surface area contributed by atoms with E-state index in [1.807, 2.05) is 0 Å². The van der Waals surface area contributed by atoms with Gasteiger partial charge in [-0.2, -0.15) is 0 Å². The molecule has 6 heteroatoms. The van der Waals surface area contributed by atoms with Crippen LogP contribution in [0.1, 0.15) is 27.6 Å². The smallest absolute Gasteiger partial charge is 0.251 e. The standard InChI is InChI=1S/C12H15NO4S/c1-9(14)10-4-3-5-11(8-10)12(15)13-6-7-18(2,16)17/h3-5,8H,6-7H2,1-2H3,(H,13,15). The molecule has 0 aromatic heterocycles. The average Bonchev–Trinajstić information content (AvgIpc) is 2.27. The highest BCUT2D eigenvalue weighted by atomic mass is 32.2. The molecule has 0 aliphatic carbocycles. The molecule has 1 aromatic rings. The molecule has 0 atom stereocenters. The van der Waals surface area contributed by atoms with Gasteiger partial charge >= 0.3 is 0 Å². The molecule has 0 aliphatic heterocycles. The van der Waals surface area contributed by atoms with Crippen molar-refractivity contribution in [1.29, 1.82) is 0 Å². The Morgan fingerprint density at radius 3 is 2.39 bits per heavy atom. The van der Waals surface area contributed by atoms with Crippen LogP contribution >= 0.6 is 0 Å². The molecule has 0 radical (unpaired) electrons. The number of benzene rings is 1. The summed E-state index contributed by atoms with van der Waals surface area (Å²) in [5.74, 6) is -0.618. The van der Waals surface area contributed by atoms with Gasteiger partial charge in [0.25, 0.3) is 5.91 Å². The number of sulfone groups is 1. The van der Waals surface area contributed by atoms with Crippen LogP contribution in [0.2, 0.25) is 0 Å². The lowest BCUT2D eigenvalue weighted by molar-refractivity contribution is 0.0956. The van der Waals surface area contributed by atoms with Crippen LogP contribution in [0.15, 0.2) is 24.3 Å². The normalized spacial score (nSPS) is 11.0. The lowest BCUT2D eigenvalue weighted by Crippen LogP contribution is -2.28. The van der Waals surface area contributed by atoms with E-state index in [2.05, 4.69) is 5.32 Å². The second-order valence-electron chi connectivity index (χ2n) is 4.02. The highest BCUT2D eigenvalue weighted by Crippen LogP contribution is 2.05. The number of carbonyl (C=O) groups excluding carboxylic acids is 2. The van der Waals surface area contributed by atoms with Crippen LogP contribution in [0.4, 0.5) is 0 Å². The van der Waals surface area contributed by atoms with Gasteiger partial charge in [-0.15, -0.1) is 0 Å². The van der Waals surface area contributed by atoms with E-state index in [0.717, 1.165) is 6.26 Å². The first kappa shape index (κ1) is 14.4. The summed E-state index contributed by atoms with van der Waals surface area (Å²) in [6.07, 6.45) is 1.11. The van der Waals surface area contributed by atoms with Crippen LogP contribution in [0, 0.1) is 0 Å². The molecular weight excluding hydrogens is 254 g/mol. The van der Waals surface area contributed by atoms with E-state index < -0.39 is 9.84 Å². The van der Waals surface area contributed by atoms with E-state index in [4.69, 9.17) is 0 Å². The fourth-order valence-electron chi connectivity index (χ4n) is 1.33. The minimum atomic E-state index is -3.09. The van der Waals surface area contributed by atoms with Crippen molar-refractivity contribution in [1.82, 2.24) is 5.32 Å². The molecule has 0 aliphatic rings. The number of nitrogens with one attached hydrogen (secondary N) is 1. The van der Waals surface area contributed by atoms with Crippen LogP contribution in [-0.2, 0) is 9.84 Å². The van der Waals surface area contributed by atoms with Gasteiger partial charge in [0.2, 0.25) is 0 Å². The Hall–Kier alpha value is -1.69. The highest BCUT2D eigenvalue weighted by Gasteiger charge is 2.09. The minimum Gasteiger partial charge on any atom is -0.351 e. The van der Waals surface area contributed by atoms with Crippen molar-refractivity contribution in [3.8, 4) is 0 Å². The van der Waals surface area contributed by atoms with E-state index in [9.17, 15) is 18.0 Å². The molecule has 1 amide bonds. The van der Waals surface area contributed by atoms with E-state index >= 15 is 0 Å². The zero-order chi connectivity index (χ0) is 13.8. The van der Waals surface area contributed by atoms with E-state index in [-0.39, 0.29) is 24.0 Å². The van der Waals surface area contributed by atoms with Crippen LogP contribution in [0.3, 0.4) is 0 Å². The summed E-state index contributed by atoms with van der Waals surface area (Å²) >= 11 is 0. The van der Waals surface area contributed by atoms with Crippen molar-refractivity contribution < 1.29 is 18.0 Å². The number of amides is 1. The number of carbonyl (C=O) groups is 2. The molecule has 18 heavy (non-hydrogen) atoms. The molecule has 0 unspecified atom stereocenters. The minimum absolute atomic E-state index is 0.0575. The fraction of sp³-hybridized carbons (Fsp3) is 0.333. The number of rotatable bonds is 5. The Morgan fingerprint density at radius 2 is 1.83 bits per heavy atom. The summed E-state index contributed by atoms with van der Waals surface area (Å²) in [6.45, 7) is 1.47. The first-order valence-corrected chi connectivity index (χ1v) is 7.42. The molecule has 1 N–H and O–H groups in total. The van der Waals surface area contributed by atoms with Gasteiger partial charge in [0, 0.05) is 23.9 Å². The van der Waals surface area contributed by atoms with Crippen molar-refractivity contribution >= 4 is 21.5 Å². The Labute approximate surface area is 106 Å². The first-order valence-electron chi connectivity index (χ1n) is 5.36. The van der Waals surface area contributed by atoms with E-state index in [1.54, 1.807) is 18.2 Å². The topological polar surface area (TPSA) is 80.3 Å². The number of hydrogen-bond donors (Lipinski definition) is 1. The summed E-state index contributed by atoms with van der Waals surface area (Å²) in [4.78, 5) is 22.8. The molecule has 0 spiro atoms. The van der Waals surface area contributed by atoms with Gasteiger partial charge < -0.3 is 5.32 Å². The zero-order valence-corrected chi connectivity index (χ0v) is 11.1. The Morgan fingerprint density at radius 1 is 1.22 bits per heavy atom. The molecule has 0 saturated heterocycles. The number of Topliss-reactive ketones (excluding diaryl/α,β-unsaturated/α-hetero) is 1. The molecule has 98 valence electrons. The maximum Gasteiger partial charge on any atom is 0.251 e. The second kappa shape index (κ2) is 5.77. The number of ketones is 1. The number of hydrogen-bond acceptors (Lipinski definition) is 4. The van der Waals surface area contributed by atoms with Crippen LogP contribution < -0.4 is 5.32 Å². The third-order valence-electron chi connectivity index (χ3n) is 2.29. The molecule has 1 rings (SSSR count). The molecule has 1 aromatic carbocycles. The van der Waals surface area contributed by atoms with Crippen LogP contribution in [0.25, 0.3) is 0 Å². The molecule has 0 heterocycles. The van der Waals surface area contributed by atoms with Crippen molar-refractivity contribution in [2.24, 2.45) is 0 Å². The lowest BCUT2D eigenvalue weighted by atomic mass is 10.1. The summed E-state index contributed by atoms with van der Waals surface area (Å²) in [6, 6.07) is 6.29. The summed E-state index contributed by atoms with van der Waals surface area (Å²) in [5, 5.41) is 2.49. The maximum atomic E-state index is 11.7. The van der Waals surface area contributed by atoms with Gasteiger partial charge in [0.15, 0.2) is 5.78 Å². The van der Waals surface area contributed by atoms with Gasteiger partial charge in [-0.3, -0.25) is 9.59 Å². The monoisotopic (exact) mass is 269 g/mol. The van der Waals surface area contributed by atoms with Crippen molar-refractivity contribution in [3.63, 3.8) is 0 Å². The molecular formula is C12H15NO4S. The van der Waals surface area contributed by atoms with Gasteiger partial charge in [-0.05, 0) is 19.1 Å². The molecule has 0 bridgehead atoms. The summed E-state index contributed by atoms with van der Waals surface area (Å²) in [5.41, 5.74) is 0.793. The quantitative estimate of drug-likeness (QED) is 0.796. The SMILES string of the molecule is CC(=O)c1cccc(C(=O)NCCS(C)(=O)=O)c1. The molecule has 0 fully saturated rings. The van der Waals surface area contributed by atoms with Gasteiger partial charge in [-0.25, -0.2) is 8.42 Å². The summed E-state index contributed by atoms with van der Waals surface area (Å²) in [7, 11) is -3.09. The highest BCUT2D eigenvalue weighted by molar-refractivity contribution is 7.90. The average molecular weight is 269 g/mol. The molecule has 0 saturated carbocycles.